The number of nitrogens with one attached hydrogen (secondary N) is 1. The number of carboxylic acid groups (broad SMARTS) is 1. The first kappa shape index (κ1) is 15.5. The molecule has 0 heterocycles. The van der Waals surface area contributed by atoms with E-state index in [1.807, 2.05) is 30.3 Å². The second-order valence-corrected chi connectivity index (χ2v) is 4.88. The van der Waals surface area contributed by atoms with Crippen molar-refractivity contribution in [1.29, 1.82) is 0 Å². The summed E-state index contributed by atoms with van der Waals surface area (Å²) in [6, 6.07) is 15.1. The highest BCUT2D eigenvalue weighted by Crippen LogP contribution is 2.08. The summed E-state index contributed by atoms with van der Waals surface area (Å²) in [5, 5.41) is 11.8. The Bertz CT molecular complexity index is 662. The Morgan fingerprint density at radius 2 is 1.73 bits per heavy atom. The van der Waals surface area contributed by atoms with Gasteiger partial charge in [0.2, 0.25) is 0 Å². The summed E-state index contributed by atoms with van der Waals surface area (Å²) in [5.41, 5.74) is 2.18. The Kier molecular flexibility index (Phi) is 5.09. The van der Waals surface area contributed by atoms with Gasteiger partial charge < -0.3 is 10.4 Å². The molecule has 0 aliphatic heterocycles. The van der Waals surface area contributed by atoms with Crippen molar-refractivity contribution in [2.75, 3.05) is 0 Å². The van der Waals surface area contributed by atoms with E-state index in [9.17, 15) is 14.7 Å². The zero-order chi connectivity index (χ0) is 15.9. The molecule has 1 atom stereocenters. The largest absolute Gasteiger partial charge is 0.480 e. The van der Waals surface area contributed by atoms with E-state index in [0.29, 0.717) is 5.56 Å². The summed E-state index contributed by atoms with van der Waals surface area (Å²) < 4.78 is 0. The van der Waals surface area contributed by atoms with Gasteiger partial charge in [-0.15, -0.1) is 0 Å². The average molecular weight is 295 g/mol. The van der Waals surface area contributed by atoms with Crippen LogP contribution in [0.15, 0.2) is 61.2 Å². The van der Waals surface area contributed by atoms with Crippen LogP contribution in [0, 0.1) is 0 Å². The number of carbonyl (C=O) groups is 2. The molecule has 112 valence electrons. The van der Waals surface area contributed by atoms with Gasteiger partial charge in [-0.1, -0.05) is 55.1 Å². The first-order chi connectivity index (χ1) is 10.6. The molecule has 0 radical (unpaired) electrons. The maximum Gasteiger partial charge on any atom is 0.326 e. The lowest BCUT2D eigenvalue weighted by Crippen LogP contribution is -2.42. The predicted molar refractivity (Wildman–Crippen MR) is 85.6 cm³/mol. The summed E-state index contributed by atoms with van der Waals surface area (Å²) in [6.45, 7) is 3.65. The van der Waals surface area contributed by atoms with Crippen LogP contribution in [0.5, 0.6) is 0 Å². The smallest absolute Gasteiger partial charge is 0.326 e. The minimum absolute atomic E-state index is 0.243. The minimum atomic E-state index is -1.06. The molecule has 2 rings (SSSR count). The Balaban J connectivity index is 2.08. The molecule has 0 aromatic heterocycles. The van der Waals surface area contributed by atoms with Gasteiger partial charge >= 0.3 is 5.97 Å². The van der Waals surface area contributed by atoms with Crippen LogP contribution < -0.4 is 5.32 Å². The lowest BCUT2D eigenvalue weighted by Gasteiger charge is -2.14. The molecule has 4 heteroatoms. The van der Waals surface area contributed by atoms with Crippen molar-refractivity contribution in [3.05, 3.63) is 77.9 Å². The molecule has 2 N–H and O–H groups in total. The van der Waals surface area contributed by atoms with E-state index in [1.165, 1.54) is 0 Å². The maximum atomic E-state index is 12.1. The van der Waals surface area contributed by atoms with Crippen LogP contribution in [0.25, 0.3) is 6.08 Å². The molecular formula is C18H17NO3. The van der Waals surface area contributed by atoms with Gasteiger partial charge in [-0.25, -0.2) is 4.79 Å². The lowest BCUT2D eigenvalue weighted by atomic mass is 10.1. The van der Waals surface area contributed by atoms with Gasteiger partial charge in [-0.3, -0.25) is 4.79 Å². The van der Waals surface area contributed by atoms with E-state index in [0.717, 1.165) is 11.1 Å². The third kappa shape index (κ3) is 4.06. The molecule has 22 heavy (non-hydrogen) atoms. The van der Waals surface area contributed by atoms with Crippen molar-refractivity contribution in [2.45, 2.75) is 12.5 Å². The van der Waals surface area contributed by atoms with Gasteiger partial charge in [-0.2, -0.15) is 0 Å². The first-order valence-electron chi connectivity index (χ1n) is 6.90. The quantitative estimate of drug-likeness (QED) is 0.861. The molecule has 0 aliphatic carbocycles. The molecule has 4 nitrogen and oxygen atoms in total. The number of carboxylic acids is 1. The first-order valence-corrected chi connectivity index (χ1v) is 6.90. The molecule has 0 bridgehead atoms. The van der Waals surface area contributed by atoms with Crippen molar-refractivity contribution in [3.63, 3.8) is 0 Å². The average Bonchev–Trinajstić information content (AvgIpc) is 2.55. The van der Waals surface area contributed by atoms with Crippen molar-refractivity contribution < 1.29 is 14.7 Å². The van der Waals surface area contributed by atoms with Gasteiger partial charge in [0.25, 0.3) is 5.91 Å². The minimum Gasteiger partial charge on any atom is -0.480 e. The zero-order valence-electron chi connectivity index (χ0n) is 12.0. The third-order valence-electron chi connectivity index (χ3n) is 3.29. The fraction of sp³-hybridized carbons (Fsp3) is 0.111. The number of aliphatic carboxylic acids is 1. The summed E-state index contributed by atoms with van der Waals surface area (Å²) in [4.78, 5) is 23.5. The van der Waals surface area contributed by atoms with Gasteiger partial charge in [-0.05, 0) is 23.3 Å². The summed E-state index contributed by atoms with van der Waals surface area (Å²) in [7, 11) is 0. The standard InChI is InChI=1S/C18H17NO3/c1-2-13-8-10-15(11-9-13)17(20)19-16(18(21)22)12-14-6-4-3-5-7-14/h2-11,16H,1,12H2,(H,19,20)(H,21,22). The number of benzene rings is 2. The molecule has 1 unspecified atom stereocenters. The van der Waals surface area contributed by atoms with Gasteiger partial charge in [0, 0.05) is 12.0 Å². The highest BCUT2D eigenvalue weighted by molar-refractivity contribution is 5.96. The predicted octanol–water partition coefficient (Wildman–Crippen LogP) is 2.76. The van der Waals surface area contributed by atoms with Crippen molar-refractivity contribution in [2.24, 2.45) is 0 Å². The third-order valence-corrected chi connectivity index (χ3v) is 3.29. The van der Waals surface area contributed by atoms with Crippen LogP contribution in [-0.2, 0) is 11.2 Å². The Morgan fingerprint density at radius 3 is 2.27 bits per heavy atom. The molecule has 0 aliphatic rings. The van der Waals surface area contributed by atoms with Crippen LogP contribution in [0.3, 0.4) is 0 Å². The molecule has 0 spiro atoms. The number of carbonyl (C=O) groups excluding carboxylic acids is 1. The molecular weight excluding hydrogens is 278 g/mol. The highest BCUT2D eigenvalue weighted by Gasteiger charge is 2.20. The fourth-order valence-electron chi connectivity index (χ4n) is 2.06. The Hall–Kier alpha value is -2.88. The lowest BCUT2D eigenvalue weighted by molar-refractivity contribution is -0.139. The highest BCUT2D eigenvalue weighted by atomic mass is 16.4. The number of hydrogen-bond acceptors (Lipinski definition) is 2. The van der Waals surface area contributed by atoms with E-state index in [1.54, 1.807) is 30.3 Å². The van der Waals surface area contributed by atoms with Crippen LogP contribution in [-0.4, -0.2) is 23.0 Å². The van der Waals surface area contributed by atoms with Crippen LogP contribution in [0.2, 0.25) is 0 Å². The van der Waals surface area contributed by atoms with E-state index in [2.05, 4.69) is 11.9 Å². The number of amides is 1. The van der Waals surface area contributed by atoms with Gasteiger partial charge in [0.15, 0.2) is 0 Å². The van der Waals surface area contributed by atoms with Crippen LogP contribution >= 0.6 is 0 Å². The van der Waals surface area contributed by atoms with Gasteiger partial charge in [0.1, 0.15) is 6.04 Å². The van der Waals surface area contributed by atoms with Gasteiger partial charge in [0.05, 0.1) is 0 Å². The van der Waals surface area contributed by atoms with Crippen molar-refractivity contribution >= 4 is 18.0 Å². The van der Waals surface area contributed by atoms with Crippen molar-refractivity contribution in [1.82, 2.24) is 5.32 Å². The molecule has 2 aromatic carbocycles. The molecule has 0 saturated carbocycles. The Labute approximate surface area is 129 Å². The monoisotopic (exact) mass is 295 g/mol. The number of rotatable bonds is 6. The SMILES string of the molecule is C=Cc1ccc(C(=O)NC(Cc2ccccc2)C(=O)O)cc1. The van der Waals surface area contributed by atoms with E-state index in [-0.39, 0.29) is 6.42 Å². The van der Waals surface area contributed by atoms with E-state index in [4.69, 9.17) is 0 Å². The molecule has 0 saturated heterocycles. The summed E-state index contributed by atoms with van der Waals surface area (Å²) >= 11 is 0. The van der Waals surface area contributed by atoms with Crippen molar-refractivity contribution in [3.8, 4) is 0 Å². The fourth-order valence-corrected chi connectivity index (χ4v) is 2.06. The second kappa shape index (κ2) is 7.22. The molecule has 0 fully saturated rings. The summed E-state index contributed by atoms with van der Waals surface area (Å²) in [6.07, 6.45) is 1.92. The second-order valence-electron chi connectivity index (χ2n) is 4.88. The molecule has 2 aromatic rings. The summed E-state index contributed by atoms with van der Waals surface area (Å²) in [5.74, 6) is -1.46. The van der Waals surface area contributed by atoms with E-state index < -0.39 is 17.9 Å². The van der Waals surface area contributed by atoms with Crippen LogP contribution in [0.1, 0.15) is 21.5 Å². The topological polar surface area (TPSA) is 66.4 Å². The zero-order valence-corrected chi connectivity index (χ0v) is 12.0. The van der Waals surface area contributed by atoms with E-state index >= 15 is 0 Å². The maximum absolute atomic E-state index is 12.1. The molecule has 1 amide bonds. The Morgan fingerprint density at radius 1 is 1.09 bits per heavy atom. The van der Waals surface area contributed by atoms with Crippen LogP contribution in [0.4, 0.5) is 0 Å². The number of hydrogen-bond donors (Lipinski definition) is 2. The normalized spacial score (nSPS) is 11.5.